The lowest BCUT2D eigenvalue weighted by atomic mass is 9.97. The fourth-order valence-electron chi connectivity index (χ4n) is 2.94. The monoisotopic (exact) mass is 431 g/mol. The third-order valence-electron chi connectivity index (χ3n) is 4.50. The van der Waals surface area contributed by atoms with E-state index in [1.165, 1.54) is 7.11 Å². The SMILES string of the molecule is COc1ccc(N[C@@](CC(N)=O)(NC(=O)C(CS)Cc2ccccc2)C(=O)O)cc1. The maximum atomic E-state index is 12.9. The molecule has 0 aliphatic rings. The van der Waals surface area contributed by atoms with Crippen molar-refractivity contribution in [1.29, 1.82) is 0 Å². The number of carboxylic acids is 1. The molecule has 0 saturated carbocycles. The van der Waals surface area contributed by atoms with Crippen molar-refractivity contribution in [2.45, 2.75) is 18.5 Å². The van der Waals surface area contributed by atoms with Gasteiger partial charge in [0.1, 0.15) is 5.75 Å². The predicted octanol–water partition coefficient (Wildman–Crippen LogP) is 1.67. The van der Waals surface area contributed by atoms with Crippen LogP contribution in [0.5, 0.6) is 5.75 Å². The smallest absolute Gasteiger partial charge is 0.351 e. The zero-order chi connectivity index (χ0) is 22.1. The van der Waals surface area contributed by atoms with Crippen molar-refractivity contribution in [3.8, 4) is 5.75 Å². The van der Waals surface area contributed by atoms with E-state index < -0.39 is 35.8 Å². The molecule has 2 aromatic carbocycles. The summed E-state index contributed by atoms with van der Waals surface area (Å²) in [5, 5.41) is 15.1. The Morgan fingerprint density at radius 1 is 1.13 bits per heavy atom. The third kappa shape index (κ3) is 6.15. The lowest BCUT2D eigenvalue weighted by Gasteiger charge is -2.33. The van der Waals surface area contributed by atoms with Crippen LogP contribution in [-0.4, -0.2) is 41.4 Å². The Balaban J connectivity index is 2.28. The first-order chi connectivity index (χ1) is 14.3. The molecule has 9 heteroatoms. The number of carbonyl (C=O) groups excluding carboxylic acids is 2. The van der Waals surface area contributed by atoms with Gasteiger partial charge in [-0.1, -0.05) is 30.3 Å². The molecule has 0 heterocycles. The summed E-state index contributed by atoms with van der Waals surface area (Å²) in [6.45, 7) is 0. The fraction of sp³-hybridized carbons (Fsp3) is 0.286. The molecule has 0 radical (unpaired) electrons. The van der Waals surface area contributed by atoms with Crippen molar-refractivity contribution in [3.63, 3.8) is 0 Å². The molecule has 2 rings (SSSR count). The van der Waals surface area contributed by atoms with E-state index in [9.17, 15) is 19.5 Å². The number of carbonyl (C=O) groups is 3. The number of carboxylic acid groups (broad SMARTS) is 1. The Morgan fingerprint density at radius 3 is 2.27 bits per heavy atom. The van der Waals surface area contributed by atoms with Crippen molar-refractivity contribution in [2.75, 3.05) is 18.2 Å². The molecule has 2 aromatic rings. The summed E-state index contributed by atoms with van der Waals surface area (Å²) in [4.78, 5) is 36.8. The number of primary amides is 1. The fourth-order valence-corrected chi connectivity index (χ4v) is 3.23. The number of nitrogens with one attached hydrogen (secondary N) is 2. The number of benzene rings is 2. The summed E-state index contributed by atoms with van der Waals surface area (Å²) in [7, 11) is 1.50. The van der Waals surface area contributed by atoms with E-state index in [2.05, 4.69) is 23.3 Å². The van der Waals surface area contributed by atoms with E-state index in [1.54, 1.807) is 24.3 Å². The highest BCUT2D eigenvalue weighted by Gasteiger charge is 2.43. The number of hydrogen-bond acceptors (Lipinski definition) is 6. The van der Waals surface area contributed by atoms with Crippen LogP contribution in [0.25, 0.3) is 0 Å². The maximum absolute atomic E-state index is 12.9. The molecule has 0 aliphatic carbocycles. The molecule has 8 nitrogen and oxygen atoms in total. The Morgan fingerprint density at radius 2 is 1.77 bits per heavy atom. The van der Waals surface area contributed by atoms with Gasteiger partial charge in [-0.25, -0.2) is 4.79 Å². The Labute approximate surface area is 180 Å². The molecule has 0 saturated heterocycles. The van der Waals surface area contributed by atoms with Crippen molar-refractivity contribution >= 4 is 36.1 Å². The summed E-state index contributed by atoms with van der Waals surface area (Å²) in [6.07, 6.45) is -0.282. The number of ether oxygens (including phenoxy) is 1. The van der Waals surface area contributed by atoms with Gasteiger partial charge in [-0.15, -0.1) is 0 Å². The summed E-state index contributed by atoms with van der Waals surface area (Å²) in [5.41, 5.74) is 4.45. The summed E-state index contributed by atoms with van der Waals surface area (Å²) >= 11 is 4.24. The van der Waals surface area contributed by atoms with Gasteiger partial charge in [0.25, 0.3) is 0 Å². The third-order valence-corrected chi connectivity index (χ3v) is 4.95. The molecule has 0 aromatic heterocycles. The van der Waals surface area contributed by atoms with Gasteiger partial charge in [0.05, 0.1) is 19.4 Å². The van der Waals surface area contributed by atoms with Gasteiger partial charge in [0, 0.05) is 11.4 Å². The molecule has 0 fully saturated rings. The largest absolute Gasteiger partial charge is 0.497 e. The van der Waals surface area contributed by atoms with Crippen LogP contribution in [0.4, 0.5) is 5.69 Å². The van der Waals surface area contributed by atoms with Crippen LogP contribution in [0.3, 0.4) is 0 Å². The molecule has 1 unspecified atom stereocenters. The zero-order valence-corrected chi connectivity index (χ0v) is 17.4. The van der Waals surface area contributed by atoms with E-state index in [0.29, 0.717) is 17.9 Å². The van der Waals surface area contributed by atoms with Gasteiger partial charge in [-0.2, -0.15) is 12.6 Å². The summed E-state index contributed by atoms with van der Waals surface area (Å²) in [5.74, 6) is -2.74. The van der Waals surface area contributed by atoms with Crippen LogP contribution in [0.15, 0.2) is 54.6 Å². The van der Waals surface area contributed by atoms with Crippen molar-refractivity contribution in [3.05, 3.63) is 60.2 Å². The van der Waals surface area contributed by atoms with E-state index >= 15 is 0 Å². The summed E-state index contributed by atoms with van der Waals surface area (Å²) < 4.78 is 5.08. The number of rotatable bonds is 11. The van der Waals surface area contributed by atoms with E-state index in [1.807, 2.05) is 30.3 Å². The average molecular weight is 432 g/mol. The second-order valence-corrected chi connectivity index (χ2v) is 7.13. The highest BCUT2D eigenvalue weighted by molar-refractivity contribution is 7.80. The molecule has 0 spiro atoms. The van der Waals surface area contributed by atoms with E-state index in [0.717, 1.165) is 5.56 Å². The predicted molar refractivity (Wildman–Crippen MR) is 116 cm³/mol. The highest BCUT2D eigenvalue weighted by atomic mass is 32.1. The van der Waals surface area contributed by atoms with Gasteiger partial charge in [-0.3, -0.25) is 9.59 Å². The second kappa shape index (κ2) is 10.5. The molecule has 30 heavy (non-hydrogen) atoms. The highest BCUT2D eigenvalue weighted by Crippen LogP contribution is 2.22. The molecule has 2 amide bonds. The van der Waals surface area contributed by atoms with Crippen LogP contribution in [0, 0.1) is 5.92 Å². The normalized spacial score (nSPS) is 13.5. The number of amides is 2. The molecular formula is C21H25N3O5S. The van der Waals surface area contributed by atoms with Crippen molar-refractivity contribution < 1.29 is 24.2 Å². The van der Waals surface area contributed by atoms with Gasteiger partial charge < -0.3 is 26.2 Å². The quantitative estimate of drug-likeness (QED) is 0.272. The van der Waals surface area contributed by atoms with E-state index in [4.69, 9.17) is 10.5 Å². The van der Waals surface area contributed by atoms with Crippen LogP contribution < -0.4 is 21.1 Å². The van der Waals surface area contributed by atoms with Gasteiger partial charge in [-0.05, 0) is 36.2 Å². The number of hydrogen-bond donors (Lipinski definition) is 5. The first-order valence-electron chi connectivity index (χ1n) is 9.20. The van der Waals surface area contributed by atoms with E-state index in [-0.39, 0.29) is 5.75 Å². The van der Waals surface area contributed by atoms with Crippen molar-refractivity contribution in [2.24, 2.45) is 11.7 Å². The lowest BCUT2D eigenvalue weighted by molar-refractivity contribution is -0.148. The van der Waals surface area contributed by atoms with Crippen LogP contribution >= 0.6 is 12.6 Å². The molecule has 0 aliphatic heterocycles. The first kappa shape index (κ1) is 23.1. The van der Waals surface area contributed by atoms with Gasteiger partial charge in [0.15, 0.2) is 0 Å². The Hall–Kier alpha value is -3.20. The molecular weight excluding hydrogens is 406 g/mol. The van der Waals surface area contributed by atoms with Gasteiger partial charge in [0.2, 0.25) is 17.5 Å². The summed E-state index contributed by atoms with van der Waals surface area (Å²) in [6, 6.07) is 15.7. The second-order valence-electron chi connectivity index (χ2n) is 6.77. The first-order valence-corrected chi connectivity index (χ1v) is 9.83. The standard InChI is InChI=1S/C21H25N3O5S/c1-29-17-9-7-16(8-10-17)23-21(20(27)28,12-18(22)25)24-19(26)15(13-30)11-14-5-3-2-4-6-14/h2-10,15,23,30H,11-13H2,1H3,(H2,22,25)(H,24,26)(H,27,28)/t15?,21-/m0/s1. The number of aliphatic carboxylic acids is 1. The van der Waals surface area contributed by atoms with Crippen LogP contribution in [-0.2, 0) is 20.8 Å². The molecule has 5 N–H and O–H groups in total. The van der Waals surface area contributed by atoms with Crippen LogP contribution in [0.1, 0.15) is 12.0 Å². The number of thiol groups is 1. The Bertz CT molecular complexity index is 876. The molecule has 0 bridgehead atoms. The topological polar surface area (TPSA) is 131 Å². The van der Waals surface area contributed by atoms with Crippen LogP contribution in [0.2, 0.25) is 0 Å². The maximum Gasteiger partial charge on any atom is 0.351 e. The minimum Gasteiger partial charge on any atom is -0.497 e. The minimum absolute atomic E-state index is 0.190. The molecule has 2 atom stereocenters. The van der Waals surface area contributed by atoms with Gasteiger partial charge >= 0.3 is 5.97 Å². The number of methoxy groups -OCH3 is 1. The lowest BCUT2D eigenvalue weighted by Crippen LogP contribution is -2.63. The average Bonchev–Trinajstić information content (AvgIpc) is 2.72. The molecule has 160 valence electrons. The van der Waals surface area contributed by atoms with Crippen molar-refractivity contribution in [1.82, 2.24) is 5.32 Å². The minimum atomic E-state index is -2.12. The Kier molecular flexibility index (Phi) is 8.11. The number of anilines is 1. The zero-order valence-electron chi connectivity index (χ0n) is 16.5. The number of nitrogens with two attached hydrogens (primary N) is 1.